The summed E-state index contributed by atoms with van der Waals surface area (Å²) in [6.45, 7) is 2.52. The first-order chi connectivity index (χ1) is 16.1. The smallest absolute Gasteiger partial charge is 0.261 e. The molecule has 1 atom stereocenters. The molecule has 3 aromatic rings. The molecule has 0 aliphatic carbocycles. The Bertz CT molecular complexity index is 1010. The molecule has 0 heterocycles. The zero-order valence-corrected chi connectivity index (χ0v) is 18.7. The highest BCUT2D eigenvalue weighted by Crippen LogP contribution is 2.16. The second-order valence-electron chi connectivity index (χ2n) is 7.75. The van der Waals surface area contributed by atoms with E-state index in [1.165, 1.54) is 24.3 Å². The predicted molar refractivity (Wildman–Crippen MR) is 126 cm³/mol. The van der Waals surface area contributed by atoms with E-state index in [1.54, 1.807) is 4.90 Å². The highest BCUT2D eigenvalue weighted by molar-refractivity contribution is 5.88. The number of carbonyl (C=O) groups excluding carboxylic acids is 2. The van der Waals surface area contributed by atoms with Crippen molar-refractivity contribution in [2.24, 2.45) is 0 Å². The van der Waals surface area contributed by atoms with Crippen molar-refractivity contribution >= 4 is 11.8 Å². The van der Waals surface area contributed by atoms with Gasteiger partial charge in [-0.05, 0) is 41.8 Å². The van der Waals surface area contributed by atoms with Crippen molar-refractivity contribution in [2.45, 2.75) is 32.4 Å². The fraction of sp³-hybridized carbons (Fsp3) is 0.259. The van der Waals surface area contributed by atoms with E-state index in [2.05, 4.69) is 5.32 Å². The van der Waals surface area contributed by atoms with E-state index < -0.39 is 6.04 Å². The Morgan fingerprint density at radius 3 is 2.12 bits per heavy atom. The zero-order valence-electron chi connectivity index (χ0n) is 18.7. The van der Waals surface area contributed by atoms with Gasteiger partial charge in [0.25, 0.3) is 5.91 Å². The van der Waals surface area contributed by atoms with Gasteiger partial charge in [0.05, 0.1) is 0 Å². The molecule has 6 heteroatoms. The molecule has 3 aromatic carbocycles. The predicted octanol–water partition coefficient (Wildman–Crippen LogP) is 4.37. The number of halogens is 1. The van der Waals surface area contributed by atoms with E-state index in [-0.39, 0.29) is 30.8 Å². The van der Waals surface area contributed by atoms with E-state index >= 15 is 0 Å². The topological polar surface area (TPSA) is 58.6 Å². The Morgan fingerprint density at radius 1 is 0.909 bits per heavy atom. The fourth-order valence-corrected chi connectivity index (χ4v) is 3.46. The van der Waals surface area contributed by atoms with Gasteiger partial charge in [0, 0.05) is 19.5 Å². The highest BCUT2D eigenvalue weighted by Gasteiger charge is 2.30. The summed E-state index contributed by atoms with van der Waals surface area (Å²) in [6.07, 6.45) is 1.18. The maximum atomic E-state index is 13.3. The van der Waals surface area contributed by atoms with E-state index in [4.69, 9.17) is 4.74 Å². The number of hydrogen-bond acceptors (Lipinski definition) is 3. The summed E-state index contributed by atoms with van der Waals surface area (Å²) in [5.74, 6) is -0.517. The van der Waals surface area contributed by atoms with Crippen molar-refractivity contribution in [3.05, 3.63) is 102 Å². The van der Waals surface area contributed by atoms with Gasteiger partial charge in [-0.15, -0.1) is 0 Å². The average Bonchev–Trinajstić information content (AvgIpc) is 2.85. The van der Waals surface area contributed by atoms with Crippen LogP contribution in [-0.4, -0.2) is 35.9 Å². The van der Waals surface area contributed by atoms with Crippen LogP contribution in [0.5, 0.6) is 5.75 Å². The summed E-state index contributed by atoms with van der Waals surface area (Å²) in [5, 5.41) is 2.94. The first kappa shape index (κ1) is 24.0. The Labute approximate surface area is 194 Å². The van der Waals surface area contributed by atoms with Crippen molar-refractivity contribution in [1.82, 2.24) is 10.2 Å². The minimum Gasteiger partial charge on any atom is -0.484 e. The summed E-state index contributed by atoms with van der Waals surface area (Å²) in [4.78, 5) is 28.1. The molecular formula is C27H29FN2O3. The van der Waals surface area contributed by atoms with E-state index in [0.717, 1.165) is 17.5 Å². The van der Waals surface area contributed by atoms with Gasteiger partial charge in [0.2, 0.25) is 5.91 Å². The molecule has 1 unspecified atom stereocenters. The molecule has 2 amide bonds. The van der Waals surface area contributed by atoms with Crippen LogP contribution in [0.25, 0.3) is 0 Å². The first-order valence-corrected chi connectivity index (χ1v) is 11.1. The van der Waals surface area contributed by atoms with Crippen LogP contribution in [0, 0.1) is 5.82 Å². The summed E-state index contributed by atoms with van der Waals surface area (Å²) in [7, 11) is 0. The van der Waals surface area contributed by atoms with Crippen LogP contribution in [0.2, 0.25) is 0 Å². The normalized spacial score (nSPS) is 11.5. The van der Waals surface area contributed by atoms with Crippen LogP contribution in [0.15, 0.2) is 84.9 Å². The number of rotatable bonds is 11. The molecule has 0 saturated heterocycles. The second-order valence-corrected chi connectivity index (χ2v) is 7.75. The van der Waals surface area contributed by atoms with Crippen molar-refractivity contribution in [1.29, 1.82) is 0 Å². The van der Waals surface area contributed by atoms with Crippen molar-refractivity contribution in [3.8, 4) is 5.75 Å². The lowest BCUT2D eigenvalue weighted by Crippen LogP contribution is -2.51. The first-order valence-electron chi connectivity index (χ1n) is 11.1. The SMILES string of the molecule is CCCNC(=O)C(Cc1ccccc1)N(Cc1ccccc1)C(=O)COc1ccc(F)cc1. The average molecular weight is 449 g/mol. The Kier molecular flexibility index (Phi) is 9.00. The molecule has 5 nitrogen and oxygen atoms in total. The number of ether oxygens (including phenoxy) is 1. The van der Waals surface area contributed by atoms with Crippen molar-refractivity contribution < 1.29 is 18.7 Å². The summed E-state index contributed by atoms with van der Waals surface area (Å²) >= 11 is 0. The van der Waals surface area contributed by atoms with Gasteiger partial charge in [0.1, 0.15) is 17.6 Å². The van der Waals surface area contributed by atoms with Gasteiger partial charge in [-0.3, -0.25) is 9.59 Å². The van der Waals surface area contributed by atoms with Crippen LogP contribution in [0.4, 0.5) is 4.39 Å². The molecule has 0 spiro atoms. The molecule has 1 N–H and O–H groups in total. The number of nitrogens with one attached hydrogen (secondary N) is 1. The van der Waals surface area contributed by atoms with Crippen LogP contribution in [0.1, 0.15) is 24.5 Å². The molecule has 0 radical (unpaired) electrons. The van der Waals surface area contributed by atoms with Crippen LogP contribution in [0.3, 0.4) is 0 Å². The van der Waals surface area contributed by atoms with Gasteiger partial charge in [-0.1, -0.05) is 67.6 Å². The highest BCUT2D eigenvalue weighted by atomic mass is 19.1. The monoisotopic (exact) mass is 448 g/mol. The van der Waals surface area contributed by atoms with Crippen LogP contribution >= 0.6 is 0 Å². The van der Waals surface area contributed by atoms with Crippen molar-refractivity contribution in [3.63, 3.8) is 0 Å². The van der Waals surface area contributed by atoms with E-state index in [0.29, 0.717) is 18.7 Å². The Morgan fingerprint density at radius 2 is 1.52 bits per heavy atom. The van der Waals surface area contributed by atoms with Gasteiger partial charge in [-0.25, -0.2) is 4.39 Å². The van der Waals surface area contributed by atoms with E-state index in [9.17, 15) is 14.0 Å². The minimum absolute atomic E-state index is 0.202. The molecule has 3 rings (SSSR count). The molecule has 0 aromatic heterocycles. The zero-order chi connectivity index (χ0) is 23.5. The summed E-state index contributed by atoms with van der Waals surface area (Å²) in [5.41, 5.74) is 1.87. The third kappa shape index (κ3) is 7.45. The van der Waals surface area contributed by atoms with Crippen molar-refractivity contribution in [2.75, 3.05) is 13.2 Å². The second kappa shape index (κ2) is 12.4. The lowest BCUT2D eigenvalue weighted by atomic mass is 10.0. The number of benzene rings is 3. The van der Waals surface area contributed by atoms with Gasteiger partial charge >= 0.3 is 0 Å². The number of nitrogens with zero attached hydrogens (tertiary/aromatic N) is 1. The van der Waals surface area contributed by atoms with Crippen LogP contribution in [-0.2, 0) is 22.6 Å². The third-order valence-electron chi connectivity index (χ3n) is 5.19. The minimum atomic E-state index is -0.705. The molecule has 0 aliphatic rings. The van der Waals surface area contributed by atoms with Gasteiger partial charge in [0.15, 0.2) is 6.61 Å². The van der Waals surface area contributed by atoms with Gasteiger partial charge < -0.3 is 15.0 Å². The Hall–Kier alpha value is -3.67. The number of hydrogen-bond donors (Lipinski definition) is 1. The lowest BCUT2D eigenvalue weighted by molar-refractivity contribution is -0.142. The number of amides is 2. The Balaban J connectivity index is 1.85. The fourth-order valence-electron chi connectivity index (χ4n) is 3.46. The van der Waals surface area contributed by atoms with Gasteiger partial charge in [-0.2, -0.15) is 0 Å². The van der Waals surface area contributed by atoms with E-state index in [1.807, 2.05) is 67.6 Å². The lowest BCUT2D eigenvalue weighted by Gasteiger charge is -2.31. The van der Waals surface area contributed by atoms with Crippen LogP contribution < -0.4 is 10.1 Å². The quantitative estimate of drug-likeness (QED) is 0.474. The standard InChI is InChI=1S/C27H29FN2O3/c1-2-17-29-27(32)25(18-21-9-5-3-6-10-21)30(19-22-11-7-4-8-12-22)26(31)20-33-24-15-13-23(28)14-16-24/h3-16,25H,2,17-20H2,1H3,(H,29,32). The molecule has 0 aliphatic heterocycles. The summed E-state index contributed by atoms with van der Waals surface area (Å²) < 4.78 is 18.8. The molecule has 172 valence electrons. The molecule has 0 saturated carbocycles. The maximum absolute atomic E-state index is 13.3. The molecular weight excluding hydrogens is 419 g/mol. The largest absolute Gasteiger partial charge is 0.484 e. The molecule has 33 heavy (non-hydrogen) atoms. The maximum Gasteiger partial charge on any atom is 0.261 e. The number of carbonyl (C=O) groups is 2. The molecule has 0 bridgehead atoms. The third-order valence-corrected chi connectivity index (χ3v) is 5.19. The molecule has 0 fully saturated rings. The summed E-state index contributed by atoms with van der Waals surface area (Å²) in [6, 6.07) is 24.0.